The summed E-state index contributed by atoms with van der Waals surface area (Å²) in [5.41, 5.74) is 0.360. The molecule has 2 aliphatic rings. The third-order valence-electron chi connectivity index (χ3n) is 7.98. The summed E-state index contributed by atoms with van der Waals surface area (Å²) >= 11 is 0. The highest BCUT2D eigenvalue weighted by Gasteiger charge is 2.58. The standard InChI is InChI=1S/C24H34O6/c1-16(26)30-15-18-7-9-21-23(2,11-5-12-24(21,3)22(27)28-4)19(18)8-6-17-10-13-29-20(17)14-25/h10,13-14,18-19,21H,5-9,11-12,15H2,1-4H3/t18-,19+,21+,23-,24-/m1/s1. The monoisotopic (exact) mass is 418 g/mol. The Morgan fingerprint density at radius 1 is 1.27 bits per heavy atom. The van der Waals surface area contributed by atoms with Gasteiger partial charge in [0.15, 0.2) is 12.0 Å². The first kappa shape index (κ1) is 22.6. The van der Waals surface area contributed by atoms with Gasteiger partial charge in [0.05, 0.1) is 25.4 Å². The van der Waals surface area contributed by atoms with Crippen LogP contribution < -0.4 is 0 Å². The summed E-state index contributed by atoms with van der Waals surface area (Å²) in [6, 6.07) is 1.85. The van der Waals surface area contributed by atoms with Crippen LogP contribution >= 0.6 is 0 Å². The van der Waals surface area contributed by atoms with Gasteiger partial charge in [-0.1, -0.05) is 13.3 Å². The Kier molecular flexibility index (Phi) is 6.73. The fourth-order valence-electron chi connectivity index (χ4n) is 6.56. The molecule has 6 heteroatoms. The molecule has 0 aromatic carbocycles. The summed E-state index contributed by atoms with van der Waals surface area (Å²) in [7, 11) is 1.48. The summed E-state index contributed by atoms with van der Waals surface area (Å²) < 4.78 is 15.9. The Hall–Kier alpha value is -2.11. The summed E-state index contributed by atoms with van der Waals surface area (Å²) in [6.45, 7) is 6.21. The van der Waals surface area contributed by atoms with E-state index in [1.807, 2.05) is 6.07 Å². The van der Waals surface area contributed by atoms with E-state index in [0.29, 0.717) is 12.4 Å². The van der Waals surface area contributed by atoms with E-state index < -0.39 is 5.41 Å². The highest BCUT2D eigenvalue weighted by molar-refractivity contribution is 5.77. The SMILES string of the molecule is COC(=O)[C@]1(C)CCC[C@]2(C)[C@@H](CCc3ccoc3C=O)[C@@H](COC(C)=O)CC[C@@H]21. The number of esters is 2. The zero-order valence-corrected chi connectivity index (χ0v) is 18.6. The van der Waals surface area contributed by atoms with Crippen molar-refractivity contribution in [1.29, 1.82) is 0 Å². The summed E-state index contributed by atoms with van der Waals surface area (Å²) in [5.74, 6) is 0.735. The average Bonchev–Trinajstić information content (AvgIpc) is 3.17. The molecule has 0 bridgehead atoms. The molecule has 2 aliphatic carbocycles. The lowest BCUT2D eigenvalue weighted by Crippen LogP contribution is -2.55. The van der Waals surface area contributed by atoms with Gasteiger partial charge in [-0.15, -0.1) is 0 Å². The molecule has 0 spiro atoms. The predicted octanol–water partition coefficient (Wildman–Crippen LogP) is 4.60. The van der Waals surface area contributed by atoms with E-state index >= 15 is 0 Å². The second-order valence-electron chi connectivity index (χ2n) is 9.53. The fourth-order valence-corrected chi connectivity index (χ4v) is 6.56. The maximum absolute atomic E-state index is 12.8. The molecule has 3 rings (SSSR count). The van der Waals surface area contributed by atoms with Crippen LogP contribution in [0.15, 0.2) is 16.7 Å². The molecule has 166 valence electrons. The molecule has 0 saturated heterocycles. The quantitative estimate of drug-likeness (QED) is 0.475. The maximum atomic E-state index is 12.8. The number of aryl methyl sites for hydroxylation is 1. The molecule has 6 nitrogen and oxygen atoms in total. The van der Waals surface area contributed by atoms with Crippen LogP contribution in [0.25, 0.3) is 0 Å². The zero-order valence-electron chi connectivity index (χ0n) is 18.6. The number of fused-ring (bicyclic) bond motifs is 1. The van der Waals surface area contributed by atoms with Gasteiger partial charge in [0, 0.05) is 12.5 Å². The maximum Gasteiger partial charge on any atom is 0.311 e. The molecule has 1 aromatic rings. The first-order valence-electron chi connectivity index (χ1n) is 11.0. The number of ether oxygens (including phenoxy) is 2. The van der Waals surface area contributed by atoms with Gasteiger partial charge < -0.3 is 13.9 Å². The Balaban J connectivity index is 1.90. The molecule has 1 aromatic heterocycles. The number of carbonyl (C=O) groups excluding carboxylic acids is 3. The second kappa shape index (κ2) is 8.94. The minimum atomic E-state index is -0.490. The lowest BCUT2D eigenvalue weighted by atomic mass is 9.45. The number of carbonyl (C=O) groups is 3. The van der Waals surface area contributed by atoms with Gasteiger partial charge in [-0.3, -0.25) is 14.4 Å². The number of hydrogen-bond acceptors (Lipinski definition) is 6. The van der Waals surface area contributed by atoms with Crippen LogP contribution in [-0.4, -0.2) is 31.9 Å². The van der Waals surface area contributed by atoms with Crippen molar-refractivity contribution in [2.75, 3.05) is 13.7 Å². The number of rotatable bonds is 7. The van der Waals surface area contributed by atoms with Crippen molar-refractivity contribution in [2.45, 2.75) is 65.7 Å². The molecule has 0 unspecified atom stereocenters. The van der Waals surface area contributed by atoms with Crippen LogP contribution in [0.2, 0.25) is 0 Å². The highest BCUT2D eigenvalue weighted by Crippen LogP contribution is 2.62. The topological polar surface area (TPSA) is 82.8 Å². The van der Waals surface area contributed by atoms with Gasteiger partial charge in [-0.25, -0.2) is 0 Å². The van der Waals surface area contributed by atoms with Crippen LogP contribution in [0.4, 0.5) is 0 Å². The number of methoxy groups -OCH3 is 1. The van der Waals surface area contributed by atoms with Crippen LogP contribution in [-0.2, 0) is 25.5 Å². The molecule has 2 fully saturated rings. The van der Waals surface area contributed by atoms with E-state index in [9.17, 15) is 14.4 Å². The highest BCUT2D eigenvalue weighted by atomic mass is 16.5. The van der Waals surface area contributed by atoms with Crippen molar-refractivity contribution in [3.8, 4) is 0 Å². The lowest BCUT2D eigenvalue weighted by Gasteiger charge is -2.59. The summed E-state index contributed by atoms with van der Waals surface area (Å²) in [6.07, 6.45) is 8.59. The molecule has 5 atom stereocenters. The summed E-state index contributed by atoms with van der Waals surface area (Å²) in [5, 5.41) is 0. The molecular weight excluding hydrogens is 384 g/mol. The van der Waals surface area contributed by atoms with Crippen LogP contribution in [0.3, 0.4) is 0 Å². The normalized spacial score (nSPS) is 33.4. The zero-order chi connectivity index (χ0) is 21.9. The minimum Gasteiger partial charge on any atom is -0.469 e. The van der Waals surface area contributed by atoms with Gasteiger partial charge >= 0.3 is 11.9 Å². The Labute approximate surface area is 178 Å². The largest absolute Gasteiger partial charge is 0.469 e. The van der Waals surface area contributed by atoms with Crippen molar-refractivity contribution in [3.63, 3.8) is 0 Å². The van der Waals surface area contributed by atoms with E-state index in [0.717, 1.165) is 56.8 Å². The van der Waals surface area contributed by atoms with E-state index in [2.05, 4.69) is 13.8 Å². The Morgan fingerprint density at radius 2 is 2.03 bits per heavy atom. The molecule has 0 amide bonds. The van der Waals surface area contributed by atoms with Gasteiger partial charge in [0.2, 0.25) is 0 Å². The molecule has 0 radical (unpaired) electrons. The molecular formula is C24H34O6. The van der Waals surface area contributed by atoms with Gasteiger partial charge in [0.1, 0.15) is 0 Å². The molecule has 2 saturated carbocycles. The summed E-state index contributed by atoms with van der Waals surface area (Å²) in [4.78, 5) is 35.5. The molecule has 0 N–H and O–H groups in total. The third kappa shape index (κ3) is 4.06. The minimum absolute atomic E-state index is 0.0602. The van der Waals surface area contributed by atoms with Gasteiger partial charge in [-0.2, -0.15) is 0 Å². The van der Waals surface area contributed by atoms with Gasteiger partial charge in [-0.05, 0) is 74.7 Å². The molecule has 1 heterocycles. The fraction of sp³-hybridized carbons (Fsp3) is 0.708. The van der Waals surface area contributed by atoms with Crippen LogP contribution in [0.5, 0.6) is 0 Å². The van der Waals surface area contributed by atoms with Crippen molar-refractivity contribution in [3.05, 3.63) is 23.7 Å². The van der Waals surface area contributed by atoms with Crippen molar-refractivity contribution in [2.24, 2.45) is 28.6 Å². The van der Waals surface area contributed by atoms with Crippen LogP contribution in [0, 0.1) is 28.6 Å². The first-order chi connectivity index (χ1) is 14.3. The van der Waals surface area contributed by atoms with E-state index in [1.165, 1.54) is 14.0 Å². The molecule has 30 heavy (non-hydrogen) atoms. The number of hydrogen-bond donors (Lipinski definition) is 0. The molecule has 0 aliphatic heterocycles. The van der Waals surface area contributed by atoms with Gasteiger partial charge in [0.25, 0.3) is 0 Å². The smallest absolute Gasteiger partial charge is 0.311 e. The average molecular weight is 419 g/mol. The predicted molar refractivity (Wildman–Crippen MR) is 111 cm³/mol. The van der Waals surface area contributed by atoms with Crippen LogP contribution in [0.1, 0.15) is 75.4 Å². The Bertz CT molecular complexity index is 782. The van der Waals surface area contributed by atoms with E-state index in [4.69, 9.17) is 13.9 Å². The number of furan rings is 1. The van der Waals surface area contributed by atoms with E-state index in [-0.39, 0.29) is 35.1 Å². The van der Waals surface area contributed by atoms with Crippen molar-refractivity contribution >= 4 is 18.2 Å². The van der Waals surface area contributed by atoms with Crippen molar-refractivity contribution < 1.29 is 28.3 Å². The second-order valence-corrected chi connectivity index (χ2v) is 9.53. The first-order valence-corrected chi connectivity index (χ1v) is 11.0. The Morgan fingerprint density at radius 3 is 2.70 bits per heavy atom. The van der Waals surface area contributed by atoms with E-state index in [1.54, 1.807) is 6.26 Å². The lowest BCUT2D eigenvalue weighted by molar-refractivity contribution is -0.176. The third-order valence-corrected chi connectivity index (χ3v) is 7.98. The number of aldehydes is 1. The van der Waals surface area contributed by atoms with Crippen molar-refractivity contribution in [1.82, 2.24) is 0 Å².